The Kier molecular flexibility index (Phi) is 6.86. The number of thiocarbonyl (C=S) groups is 1. The van der Waals surface area contributed by atoms with Crippen molar-refractivity contribution < 1.29 is 19.0 Å². The Morgan fingerprint density at radius 1 is 0.943 bits per heavy atom. The molecule has 2 aliphatic heterocycles. The van der Waals surface area contributed by atoms with Crippen molar-refractivity contribution >= 4 is 45.6 Å². The van der Waals surface area contributed by atoms with Gasteiger partial charge < -0.3 is 24.8 Å². The fraction of sp³-hybridized carbons (Fsp3) is 0.333. The van der Waals surface area contributed by atoms with E-state index >= 15 is 0 Å². The Hall–Kier alpha value is -3.20. The minimum Gasteiger partial charge on any atom is -0.441 e. The molecule has 2 saturated heterocycles. The lowest BCUT2D eigenvalue weighted by Crippen LogP contribution is -2.46. The molecule has 0 aliphatic carbocycles. The Bertz CT molecular complexity index is 1210. The molecule has 3 N–H and O–H groups in total. The minimum atomic E-state index is -0.523. The summed E-state index contributed by atoms with van der Waals surface area (Å²) in [5.41, 5.74) is 2.83. The second kappa shape index (κ2) is 10.2. The zero-order chi connectivity index (χ0) is 24.4. The normalized spacial score (nSPS) is 23.2. The van der Waals surface area contributed by atoms with Crippen LogP contribution in [0.2, 0.25) is 0 Å². The molecule has 0 bridgehead atoms. The highest BCUT2D eigenvalue weighted by molar-refractivity contribution is 7.80. The van der Waals surface area contributed by atoms with Gasteiger partial charge in [-0.1, -0.05) is 62.4 Å². The second-order valence-corrected chi connectivity index (χ2v) is 9.58. The smallest absolute Gasteiger partial charge is 0.412 e. The number of carbonyl (C=O) groups excluding carboxylic acids is 1. The highest BCUT2D eigenvalue weighted by Gasteiger charge is 2.49. The van der Waals surface area contributed by atoms with Crippen molar-refractivity contribution in [1.82, 2.24) is 5.32 Å². The number of hydrogen-bond donors (Lipinski definition) is 3. The van der Waals surface area contributed by atoms with Gasteiger partial charge in [-0.3, -0.25) is 5.32 Å². The lowest BCUT2D eigenvalue weighted by atomic mass is 10.0. The van der Waals surface area contributed by atoms with Crippen LogP contribution < -0.4 is 16.0 Å². The van der Waals surface area contributed by atoms with Crippen LogP contribution >= 0.6 is 12.2 Å². The van der Waals surface area contributed by atoms with Gasteiger partial charge in [0.05, 0.1) is 19.3 Å². The molecule has 3 aromatic rings. The molecule has 3 aromatic carbocycles. The zero-order valence-electron chi connectivity index (χ0n) is 19.7. The number of hydrogen-bond acceptors (Lipinski definition) is 5. The Labute approximate surface area is 210 Å². The highest BCUT2D eigenvalue weighted by atomic mass is 32.1. The molecule has 1 amide bonds. The number of carbonyl (C=O) groups is 1. The van der Waals surface area contributed by atoms with Gasteiger partial charge in [0.15, 0.2) is 11.2 Å². The number of fused-ring (bicyclic) bond motifs is 2. The summed E-state index contributed by atoms with van der Waals surface area (Å²) in [5.74, 6) is 0.430. The van der Waals surface area contributed by atoms with E-state index in [1.54, 1.807) is 0 Å². The number of anilines is 2. The second-order valence-electron chi connectivity index (χ2n) is 9.17. The molecule has 4 atom stereocenters. The van der Waals surface area contributed by atoms with Crippen LogP contribution in [0.1, 0.15) is 25.3 Å². The summed E-state index contributed by atoms with van der Waals surface area (Å²) >= 11 is 5.56. The van der Waals surface area contributed by atoms with Gasteiger partial charge in [0, 0.05) is 16.8 Å². The van der Waals surface area contributed by atoms with Gasteiger partial charge in [0.1, 0.15) is 12.2 Å². The summed E-state index contributed by atoms with van der Waals surface area (Å²) in [6.07, 6.45) is -1.61. The molecule has 0 spiro atoms. The third-order valence-electron chi connectivity index (χ3n) is 6.44. The summed E-state index contributed by atoms with van der Waals surface area (Å²) in [5, 5.41) is 12.1. The summed E-state index contributed by atoms with van der Waals surface area (Å²) in [4.78, 5) is 12.5. The molecule has 0 saturated carbocycles. The monoisotopic (exact) mass is 491 g/mol. The van der Waals surface area contributed by atoms with E-state index < -0.39 is 12.2 Å². The van der Waals surface area contributed by atoms with Crippen molar-refractivity contribution in [1.29, 1.82) is 0 Å². The molecular weight excluding hydrogens is 462 g/mol. The van der Waals surface area contributed by atoms with E-state index in [2.05, 4.69) is 48.0 Å². The summed E-state index contributed by atoms with van der Waals surface area (Å²) in [7, 11) is 0. The molecule has 0 aromatic heterocycles. The molecule has 2 heterocycles. The van der Waals surface area contributed by atoms with Crippen LogP contribution in [0, 0.1) is 0 Å². The molecular formula is C27H29N3O4S. The first-order chi connectivity index (χ1) is 17.0. The number of nitrogens with one attached hydrogen (secondary N) is 3. The molecule has 182 valence electrons. The van der Waals surface area contributed by atoms with Gasteiger partial charge in [-0.2, -0.15) is 0 Å². The predicted molar refractivity (Wildman–Crippen MR) is 141 cm³/mol. The van der Waals surface area contributed by atoms with Crippen molar-refractivity contribution in [3.63, 3.8) is 0 Å². The fourth-order valence-electron chi connectivity index (χ4n) is 4.59. The van der Waals surface area contributed by atoms with Crippen LogP contribution in [0.15, 0.2) is 66.7 Å². The van der Waals surface area contributed by atoms with Crippen molar-refractivity contribution in [2.24, 2.45) is 0 Å². The van der Waals surface area contributed by atoms with E-state index in [-0.39, 0.29) is 24.9 Å². The van der Waals surface area contributed by atoms with Crippen molar-refractivity contribution in [3.05, 3.63) is 72.3 Å². The van der Waals surface area contributed by atoms with E-state index in [9.17, 15) is 4.79 Å². The summed E-state index contributed by atoms with van der Waals surface area (Å²) in [6, 6.07) is 21.8. The Morgan fingerprint density at radius 2 is 1.69 bits per heavy atom. The standard InChI is InChI=1S/C27H29N3O4S/c1-16(2)17-10-12-19(13-11-17)28-27(31)34-23-15-33-24-22(14-32-25(23)24)30-26(35)29-21-9-5-7-18-6-3-4-8-20(18)21/h3-13,16,22-25H,14-15H2,1-2H3,(H,28,31)(H2,29,30,35). The molecule has 8 heteroatoms. The van der Waals surface area contributed by atoms with Gasteiger partial charge in [-0.15, -0.1) is 0 Å². The Balaban J connectivity index is 1.14. The molecule has 4 unspecified atom stereocenters. The lowest BCUT2D eigenvalue weighted by molar-refractivity contribution is 0.00880. The van der Waals surface area contributed by atoms with Crippen LogP contribution in [0.3, 0.4) is 0 Å². The van der Waals surface area contributed by atoms with E-state index in [1.807, 2.05) is 48.5 Å². The van der Waals surface area contributed by atoms with Crippen LogP contribution in [0.4, 0.5) is 16.2 Å². The van der Waals surface area contributed by atoms with E-state index in [1.165, 1.54) is 5.56 Å². The van der Waals surface area contributed by atoms with Gasteiger partial charge >= 0.3 is 6.09 Å². The zero-order valence-corrected chi connectivity index (χ0v) is 20.5. The van der Waals surface area contributed by atoms with E-state index in [4.69, 9.17) is 26.4 Å². The van der Waals surface area contributed by atoms with Crippen LogP contribution in [0.5, 0.6) is 0 Å². The molecule has 35 heavy (non-hydrogen) atoms. The van der Waals surface area contributed by atoms with Gasteiger partial charge in [0.2, 0.25) is 0 Å². The fourth-order valence-corrected chi connectivity index (χ4v) is 4.85. The topological polar surface area (TPSA) is 80.9 Å². The number of rotatable bonds is 5. The lowest BCUT2D eigenvalue weighted by Gasteiger charge is -2.20. The Morgan fingerprint density at radius 3 is 2.49 bits per heavy atom. The summed E-state index contributed by atoms with van der Waals surface area (Å²) in [6.45, 7) is 4.94. The number of benzene rings is 3. The van der Waals surface area contributed by atoms with Crippen molar-refractivity contribution in [3.8, 4) is 0 Å². The van der Waals surface area contributed by atoms with Crippen LogP contribution in [-0.4, -0.2) is 48.8 Å². The first-order valence-corrected chi connectivity index (χ1v) is 12.2. The van der Waals surface area contributed by atoms with E-state index in [0.717, 1.165) is 16.5 Å². The average Bonchev–Trinajstić information content (AvgIpc) is 3.43. The predicted octanol–water partition coefficient (Wildman–Crippen LogP) is 5.03. The first-order valence-electron chi connectivity index (χ1n) is 11.8. The maximum Gasteiger partial charge on any atom is 0.412 e. The molecule has 0 radical (unpaired) electrons. The van der Waals surface area contributed by atoms with Gasteiger partial charge in [-0.05, 0) is 47.3 Å². The van der Waals surface area contributed by atoms with Crippen LogP contribution in [0.25, 0.3) is 10.8 Å². The summed E-state index contributed by atoms with van der Waals surface area (Å²) < 4.78 is 17.5. The first kappa shape index (κ1) is 23.5. The van der Waals surface area contributed by atoms with Crippen molar-refractivity contribution in [2.75, 3.05) is 23.8 Å². The quantitative estimate of drug-likeness (QED) is 0.432. The molecule has 2 aliphatic rings. The minimum absolute atomic E-state index is 0.143. The van der Waals surface area contributed by atoms with E-state index in [0.29, 0.717) is 23.3 Å². The molecule has 2 fully saturated rings. The third-order valence-corrected chi connectivity index (χ3v) is 6.66. The highest BCUT2D eigenvalue weighted by Crippen LogP contribution is 2.30. The molecule has 5 rings (SSSR count). The number of amides is 1. The molecule has 7 nitrogen and oxygen atoms in total. The third kappa shape index (κ3) is 5.24. The number of ether oxygens (including phenoxy) is 3. The maximum atomic E-state index is 12.5. The van der Waals surface area contributed by atoms with Crippen LogP contribution in [-0.2, 0) is 14.2 Å². The van der Waals surface area contributed by atoms with Gasteiger partial charge in [0.25, 0.3) is 0 Å². The SMILES string of the molecule is CC(C)c1ccc(NC(=O)OC2COC3C(NC(=S)Nc4cccc5ccccc45)COC23)cc1. The van der Waals surface area contributed by atoms with Crippen molar-refractivity contribution in [2.45, 2.75) is 44.1 Å². The largest absolute Gasteiger partial charge is 0.441 e. The van der Waals surface area contributed by atoms with Gasteiger partial charge in [-0.25, -0.2) is 4.79 Å². The maximum absolute atomic E-state index is 12.5. The average molecular weight is 492 g/mol.